The molecule has 1 aliphatic heterocycles. The van der Waals surface area contributed by atoms with Crippen LogP contribution in [0.4, 0.5) is 5.69 Å². The molecule has 3 heterocycles. The van der Waals surface area contributed by atoms with Crippen molar-refractivity contribution in [3.8, 4) is 16.9 Å². The lowest BCUT2D eigenvalue weighted by molar-refractivity contribution is 0.342. The zero-order chi connectivity index (χ0) is 20.9. The van der Waals surface area contributed by atoms with E-state index in [1.54, 1.807) is 10.6 Å². The highest BCUT2D eigenvalue weighted by Gasteiger charge is 2.18. The summed E-state index contributed by atoms with van der Waals surface area (Å²) in [6, 6.07) is 12.3. The molecule has 1 aliphatic rings. The van der Waals surface area contributed by atoms with Crippen molar-refractivity contribution in [1.82, 2.24) is 14.7 Å². The summed E-state index contributed by atoms with van der Waals surface area (Å²) in [6.45, 7) is 6.66. The maximum absolute atomic E-state index is 13.5. The summed E-state index contributed by atoms with van der Waals surface area (Å²) < 4.78 is 7.33. The van der Waals surface area contributed by atoms with Crippen LogP contribution in [0.25, 0.3) is 16.8 Å². The van der Waals surface area contributed by atoms with Crippen molar-refractivity contribution < 1.29 is 4.74 Å². The van der Waals surface area contributed by atoms with Gasteiger partial charge in [0.25, 0.3) is 5.56 Å². The van der Waals surface area contributed by atoms with Crippen LogP contribution in [0, 0.1) is 0 Å². The summed E-state index contributed by atoms with van der Waals surface area (Å²) in [6.07, 6.45) is 5.70. The predicted octanol–water partition coefficient (Wildman–Crippen LogP) is 3.88. The minimum Gasteiger partial charge on any atom is -0.490 e. The number of pyridine rings is 1. The Bertz CT molecular complexity index is 1050. The Hall–Kier alpha value is -2.86. The Labute approximate surface area is 177 Å². The summed E-state index contributed by atoms with van der Waals surface area (Å²) in [7, 11) is 0. The fraction of sp³-hybridized carbons (Fsp3) is 0.417. The average molecular weight is 407 g/mol. The fourth-order valence-corrected chi connectivity index (χ4v) is 4.01. The van der Waals surface area contributed by atoms with E-state index >= 15 is 0 Å². The molecule has 1 fully saturated rings. The van der Waals surface area contributed by atoms with E-state index in [0.29, 0.717) is 29.6 Å². The third-order valence-corrected chi connectivity index (χ3v) is 5.57. The van der Waals surface area contributed by atoms with Crippen LogP contribution in [-0.4, -0.2) is 35.1 Å². The molecular formula is C24H30N4O2. The number of ether oxygens (including phenoxy) is 1. The zero-order valence-corrected chi connectivity index (χ0v) is 17.8. The first kappa shape index (κ1) is 20.4. The van der Waals surface area contributed by atoms with Crippen LogP contribution in [0.1, 0.15) is 38.8 Å². The van der Waals surface area contributed by atoms with Gasteiger partial charge in [-0.3, -0.25) is 9.20 Å². The number of aryl methyl sites for hydroxylation is 1. The van der Waals surface area contributed by atoms with Crippen LogP contribution in [-0.2, 0) is 6.42 Å². The largest absolute Gasteiger partial charge is 0.490 e. The van der Waals surface area contributed by atoms with Gasteiger partial charge < -0.3 is 15.4 Å². The second-order valence-electron chi connectivity index (χ2n) is 7.75. The molecule has 4 rings (SSSR count). The van der Waals surface area contributed by atoms with Crippen molar-refractivity contribution in [1.29, 1.82) is 0 Å². The molecule has 0 saturated carbocycles. The summed E-state index contributed by atoms with van der Waals surface area (Å²) in [4.78, 5) is 18.4. The first-order valence-corrected chi connectivity index (χ1v) is 11.0. The van der Waals surface area contributed by atoms with Crippen LogP contribution in [0.3, 0.4) is 0 Å². The summed E-state index contributed by atoms with van der Waals surface area (Å²) in [5.41, 5.74) is 4.05. The molecule has 0 aliphatic carbocycles. The lowest BCUT2D eigenvalue weighted by Crippen LogP contribution is -2.22. The second-order valence-corrected chi connectivity index (χ2v) is 7.75. The topological polar surface area (TPSA) is 67.7 Å². The second kappa shape index (κ2) is 9.30. The van der Waals surface area contributed by atoms with E-state index in [9.17, 15) is 4.79 Å². The van der Waals surface area contributed by atoms with Gasteiger partial charge in [-0.15, -0.1) is 0 Å². The number of benzene rings is 1. The molecule has 3 aromatic rings. The van der Waals surface area contributed by atoms with Crippen molar-refractivity contribution in [2.75, 3.05) is 25.0 Å². The SMILES string of the molecule is CCCCc1nc2c(OCC)cccn2c(=O)c1-c1ccc(N[C@@H]2CCNC2)cc1. The summed E-state index contributed by atoms with van der Waals surface area (Å²) >= 11 is 0. The first-order valence-electron chi connectivity index (χ1n) is 11.0. The Morgan fingerprint density at radius 1 is 1.23 bits per heavy atom. The highest BCUT2D eigenvalue weighted by molar-refractivity contribution is 5.70. The number of nitrogens with zero attached hydrogens (tertiary/aromatic N) is 2. The zero-order valence-electron chi connectivity index (χ0n) is 17.8. The molecule has 0 amide bonds. The van der Waals surface area contributed by atoms with Gasteiger partial charge in [-0.05, 0) is 62.6 Å². The third-order valence-electron chi connectivity index (χ3n) is 5.57. The minimum absolute atomic E-state index is 0.0478. The van der Waals surface area contributed by atoms with E-state index in [2.05, 4.69) is 29.7 Å². The van der Waals surface area contributed by atoms with Crippen molar-refractivity contribution in [2.24, 2.45) is 0 Å². The summed E-state index contributed by atoms with van der Waals surface area (Å²) in [5, 5.41) is 6.93. The molecule has 0 bridgehead atoms. The van der Waals surface area contributed by atoms with Gasteiger partial charge in [-0.1, -0.05) is 25.5 Å². The first-order chi connectivity index (χ1) is 14.7. The molecule has 2 N–H and O–H groups in total. The van der Waals surface area contributed by atoms with Gasteiger partial charge in [0, 0.05) is 24.5 Å². The molecule has 2 aromatic heterocycles. The Morgan fingerprint density at radius 3 is 2.77 bits per heavy atom. The molecule has 1 atom stereocenters. The molecule has 0 unspecified atom stereocenters. The monoisotopic (exact) mass is 406 g/mol. The molecule has 1 aromatic carbocycles. The van der Waals surface area contributed by atoms with Gasteiger partial charge in [0.05, 0.1) is 17.9 Å². The lowest BCUT2D eigenvalue weighted by Gasteiger charge is -2.15. The van der Waals surface area contributed by atoms with Crippen LogP contribution in [0.15, 0.2) is 47.4 Å². The summed E-state index contributed by atoms with van der Waals surface area (Å²) in [5.74, 6) is 0.645. The molecule has 6 heteroatoms. The normalized spacial score (nSPS) is 16.1. The molecule has 0 radical (unpaired) electrons. The van der Waals surface area contributed by atoms with E-state index in [0.717, 1.165) is 55.7 Å². The molecule has 6 nitrogen and oxygen atoms in total. The third kappa shape index (κ3) is 4.19. The van der Waals surface area contributed by atoms with Crippen molar-refractivity contribution >= 4 is 11.3 Å². The number of aromatic nitrogens is 2. The van der Waals surface area contributed by atoms with Crippen LogP contribution in [0.2, 0.25) is 0 Å². The Morgan fingerprint density at radius 2 is 2.07 bits per heavy atom. The van der Waals surface area contributed by atoms with Crippen LogP contribution < -0.4 is 20.9 Å². The van der Waals surface area contributed by atoms with Gasteiger partial charge in [0.2, 0.25) is 0 Å². The Balaban J connectivity index is 1.76. The molecule has 30 heavy (non-hydrogen) atoms. The van der Waals surface area contributed by atoms with Gasteiger partial charge in [-0.2, -0.15) is 0 Å². The highest BCUT2D eigenvalue weighted by Crippen LogP contribution is 2.26. The van der Waals surface area contributed by atoms with Gasteiger partial charge in [0.1, 0.15) is 0 Å². The number of nitrogens with one attached hydrogen (secondary N) is 2. The molecule has 1 saturated heterocycles. The van der Waals surface area contributed by atoms with Gasteiger partial charge in [-0.25, -0.2) is 4.98 Å². The minimum atomic E-state index is -0.0478. The van der Waals surface area contributed by atoms with Crippen molar-refractivity contribution in [3.63, 3.8) is 0 Å². The molecule has 0 spiro atoms. The molecule has 158 valence electrons. The number of hydrogen-bond acceptors (Lipinski definition) is 5. The lowest BCUT2D eigenvalue weighted by atomic mass is 10.0. The maximum atomic E-state index is 13.5. The van der Waals surface area contributed by atoms with E-state index in [4.69, 9.17) is 9.72 Å². The standard InChI is InChI=1S/C24H30N4O2/c1-3-5-7-20-22(17-9-11-18(12-10-17)26-19-13-14-25-16-19)24(29)28-15-6-8-21(30-4-2)23(28)27-20/h6,8-12,15,19,25-26H,3-5,7,13-14,16H2,1-2H3/t19-/m1/s1. The molecular weight excluding hydrogens is 376 g/mol. The number of fused-ring (bicyclic) bond motifs is 1. The number of rotatable bonds is 8. The number of anilines is 1. The number of hydrogen-bond donors (Lipinski definition) is 2. The van der Waals surface area contributed by atoms with Crippen LogP contribution in [0.5, 0.6) is 5.75 Å². The fourth-order valence-electron chi connectivity index (χ4n) is 4.01. The average Bonchev–Trinajstić information content (AvgIpc) is 3.27. The van der Waals surface area contributed by atoms with E-state index in [1.807, 2.05) is 31.2 Å². The Kier molecular flexibility index (Phi) is 6.33. The predicted molar refractivity (Wildman–Crippen MR) is 122 cm³/mol. The van der Waals surface area contributed by atoms with Gasteiger partial charge in [0.15, 0.2) is 11.4 Å². The van der Waals surface area contributed by atoms with E-state index < -0.39 is 0 Å². The number of unbranched alkanes of at least 4 members (excludes halogenated alkanes) is 1. The smallest absolute Gasteiger partial charge is 0.266 e. The highest BCUT2D eigenvalue weighted by atomic mass is 16.5. The van der Waals surface area contributed by atoms with Gasteiger partial charge >= 0.3 is 0 Å². The maximum Gasteiger partial charge on any atom is 0.266 e. The van der Waals surface area contributed by atoms with E-state index in [1.165, 1.54) is 0 Å². The van der Waals surface area contributed by atoms with E-state index in [-0.39, 0.29) is 5.56 Å². The van der Waals surface area contributed by atoms with Crippen molar-refractivity contribution in [3.05, 3.63) is 58.6 Å². The van der Waals surface area contributed by atoms with Crippen molar-refractivity contribution in [2.45, 2.75) is 45.6 Å². The van der Waals surface area contributed by atoms with Crippen LogP contribution >= 0.6 is 0 Å². The quantitative estimate of drug-likeness (QED) is 0.594.